The van der Waals surface area contributed by atoms with Crippen LogP contribution >= 0.6 is 22.7 Å². The maximum atomic E-state index is 5.93. The molecule has 0 aliphatic heterocycles. The predicted octanol–water partition coefficient (Wildman–Crippen LogP) is 6.21. The highest BCUT2D eigenvalue weighted by Crippen LogP contribution is 2.29. The summed E-state index contributed by atoms with van der Waals surface area (Å²) in [5.74, 6) is 1.36. The van der Waals surface area contributed by atoms with E-state index in [1.165, 1.54) is 16.9 Å². The van der Waals surface area contributed by atoms with Crippen molar-refractivity contribution >= 4 is 34.0 Å². The monoisotopic (exact) mass is 435 g/mol. The van der Waals surface area contributed by atoms with Gasteiger partial charge in [-0.25, -0.2) is 4.98 Å². The Bertz CT molecular complexity index is 1120. The zero-order chi connectivity index (χ0) is 20.8. The summed E-state index contributed by atoms with van der Waals surface area (Å²) >= 11 is 3.20. The van der Waals surface area contributed by atoms with Gasteiger partial charge in [0, 0.05) is 5.38 Å². The molecule has 0 aliphatic rings. The van der Waals surface area contributed by atoms with E-state index in [2.05, 4.69) is 52.8 Å². The van der Waals surface area contributed by atoms with Gasteiger partial charge in [-0.2, -0.15) is 5.10 Å². The van der Waals surface area contributed by atoms with E-state index in [1.54, 1.807) is 24.7 Å². The van der Waals surface area contributed by atoms with Gasteiger partial charge in [0.2, 0.25) is 5.13 Å². The fraction of sp³-hybridized carbons (Fsp3) is 0.130. The lowest BCUT2D eigenvalue weighted by Crippen LogP contribution is -1.98. The van der Waals surface area contributed by atoms with Crippen LogP contribution in [0.3, 0.4) is 0 Å². The molecule has 0 fully saturated rings. The highest BCUT2D eigenvalue weighted by molar-refractivity contribution is 7.15. The third-order valence-corrected chi connectivity index (χ3v) is 5.99. The quantitative estimate of drug-likeness (QED) is 0.264. The number of thiophene rings is 1. The number of rotatable bonds is 8. The molecular weight excluding hydrogens is 414 g/mol. The second-order valence-electron chi connectivity index (χ2n) is 6.57. The van der Waals surface area contributed by atoms with E-state index in [9.17, 15) is 0 Å². The van der Waals surface area contributed by atoms with Crippen LogP contribution in [0.4, 0.5) is 5.13 Å². The lowest BCUT2D eigenvalue weighted by molar-refractivity contribution is 0.284. The van der Waals surface area contributed by atoms with Crippen molar-refractivity contribution in [3.63, 3.8) is 0 Å². The molecule has 4 aromatic rings. The number of aryl methyl sites for hydroxylation is 1. The summed E-state index contributed by atoms with van der Waals surface area (Å²) in [7, 11) is 1.63. The number of ether oxygens (including phenoxy) is 2. The summed E-state index contributed by atoms with van der Waals surface area (Å²) in [6.45, 7) is 2.56. The molecule has 0 atom stereocenters. The first-order valence-electron chi connectivity index (χ1n) is 9.36. The topological polar surface area (TPSA) is 55.7 Å². The SMILES string of the molecule is COc1cc(/C=N\Nc2nc(-c3cccs3)cs2)ccc1OCc1ccc(C)cc1. The minimum absolute atomic E-state index is 0.488. The molecule has 5 nitrogen and oxygen atoms in total. The van der Waals surface area contributed by atoms with Gasteiger partial charge in [-0.05, 0) is 47.7 Å². The van der Waals surface area contributed by atoms with Crippen LogP contribution in [-0.4, -0.2) is 18.3 Å². The molecule has 1 N–H and O–H groups in total. The fourth-order valence-electron chi connectivity index (χ4n) is 2.75. The van der Waals surface area contributed by atoms with Gasteiger partial charge in [0.25, 0.3) is 0 Å². The number of methoxy groups -OCH3 is 1. The molecule has 0 bridgehead atoms. The highest BCUT2D eigenvalue weighted by atomic mass is 32.1. The molecule has 0 aliphatic carbocycles. The molecule has 152 valence electrons. The first-order chi connectivity index (χ1) is 14.7. The van der Waals surface area contributed by atoms with Gasteiger partial charge in [0.1, 0.15) is 6.61 Å². The standard InChI is InChI=1S/C23H21N3O2S2/c1-16-5-7-17(8-6-16)14-28-20-10-9-18(12-21(20)27-2)13-24-26-23-25-19(15-30-23)22-4-3-11-29-22/h3-13,15H,14H2,1-2H3,(H,25,26)/b24-13-. The van der Waals surface area contributed by atoms with E-state index in [4.69, 9.17) is 9.47 Å². The van der Waals surface area contributed by atoms with Gasteiger partial charge >= 0.3 is 0 Å². The lowest BCUT2D eigenvalue weighted by atomic mass is 10.2. The number of nitrogens with one attached hydrogen (secondary N) is 1. The average Bonchev–Trinajstić information content (AvgIpc) is 3.46. The Morgan fingerprint density at radius 2 is 1.93 bits per heavy atom. The molecule has 0 radical (unpaired) electrons. The van der Waals surface area contributed by atoms with Crippen molar-refractivity contribution < 1.29 is 9.47 Å². The van der Waals surface area contributed by atoms with Crippen LogP contribution in [0, 0.1) is 6.92 Å². The molecule has 7 heteroatoms. The summed E-state index contributed by atoms with van der Waals surface area (Å²) in [5, 5.41) is 9.11. The van der Waals surface area contributed by atoms with Crippen LogP contribution in [0.5, 0.6) is 11.5 Å². The Kier molecular flexibility index (Phi) is 6.41. The molecule has 30 heavy (non-hydrogen) atoms. The minimum atomic E-state index is 0.488. The molecule has 0 saturated heterocycles. The second-order valence-corrected chi connectivity index (χ2v) is 8.38. The number of aromatic nitrogens is 1. The Morgan fingerprint density at radius 3 is 2.70 bits per heavy atom. The van der Waals surface area contributed by atoms with E-state index in [0.717, 1.165) is 26.8 Å². The Labute approximate surface area is 183 Å². The van der Waals surface area contributed by atoms with Gasteiger partial charge in [-0.15, -0.1) is 22.7 Å². The number of anilines is 1. The van der Waals surface area contributed by atoms with E-state index >= 15 is 0 Å². The van der Waals surface area contributed by atoms with Gasteiger partial charge in [-0.3, -0.25) is 5.43 Å². The largest absolute Gasteiger partial charge is 0.493 e. The Hall–Kier alpha value is -3.16. The molecule has 0 unspecified atom stereocenters. The van der Waals surface area contributed by atoms with Crippen LogP contribution in [0.15, 0.2) is 70.5 Å². The summed E-state index contributed by atoms with van der Waals surface area (Å²) in [5.41, 5.74) is 7.20. The van der Waals surface area contributed by atoms with Crippen molar-refractivity contribution in [3.05, 3.63) is 82.0 Å². The van der Waals surface area contributed by atoms with Crippen molar-refractivity contribution in [1.29, 1.82) is 0 Å². The van der Waals surface area contributed by atoms with Crippen molar-refractivity contribution in [2.75, 3.05) is 12.5 Å². The number of hydrogen-bond acceptors (Lipinski definition) is 7. The van der Waals surface area contributed by atoms with Gasteiger partial charge < -0.3 is 9.47 Å². The van der Waals surface area contributed by atoms with Crippen LogP contribution < -0.4 is 14.9 Å². The minimum Gasteiger partial charge on any atom is -0.493 e. The fourth-order valence-corrected chi connectivity index (χ4v) is 4.17. The molecular formula is C23H21N3O2S2. The van der Waals surface area contributed by atoms with Crippen molar-refractivity contribution in [3.8, 4) is 22.1 Å². The molecule has 2 heterocycles. The number of nitrogens with zero attached hydrogens (tertiary/aromatic N) is 2. The maximum Gasteiger partial charge on any atom is 0.203 e. The van der Waals surface area contributed by atoms with Crippen molar-refractivity contribution in [1.82, 2.24) is 4.98 Å². The van der Waals surface area contributed by atoms with E-state index in [1.807, 2.05) is 35.0 Å². The average molecular weight is 436 g/mol. The number of benzene rings is 2. The van der Waals surface area contributed by atoms with E-state index in [-0.39, 0.29) is 0 Å². The van der Waals surface area contributed by atoms with Gasteiger partial charge in [0.05, 0.1) is 23.9 Å². The first-order valence-corrected chi connectivity index (χ1v) is 11.1. The zero-order valence-corrected chi connectivity index (χ0v) is 18.3. The first kappa shape index (κ1) is 20.1. The molecule has 0 amide bonds. The summed E-state index contributed by atoms with van der Waals surface area (Å²) in [6, 6.07) is 18.1. The number of hydrazone groups is 1. The third kappa shape index (κ3) is 5.06. The summed E-state index contributed by atoms with van der Waals surface area (Å²) < 4.78 is 11.4. The Morgan fingerprint density at radius 1 is 1.07 bits per heavy atom. The van der Waals surface area contributed by atoms with E-state index in [0.29, 0.717) is 18.1 Å². The third-order valence-electron chi connectivity index (χ3n) is 4.35. The van der Waals surface area contributed by atoms with Gasteiger partial charge in [-0.1, -0.05) is 35.9 Å². The van der Waals surface area contributed by atoms with Crippen molar-refractivity contribution in [2.24, 2.45) is 5.10 Å². The summed E-state index contributed by atoms with van der Waals surface area (Å²) in [6.07, 6.45) is 1.73. The zero-order valence-electron chi connectivity index (χ0n) is 16.7. The van der Waals surface area contributed by atoms with Gasteiger partial charge in [0.15, 0.2) is 11.5 Å². The number of thiazole rings is 1. The predicted molar refractivity (Wildman–Crippen MR) is 125 cm³/mol. The number of hydrogen-bond donors (Lipinski definition) is 1. The normalized spacial score (nSPS) is 11.0. The van der Waals surface area contributed by atoms with E-state index < -0.39 is 0 Å². The van der Waals surface area contributed by atoms with Crippen LogP contribution in [0.1, 0.15) is 16.7 Å². The smallest absolute Gasteiger partial charge is 0.203 e. The maximum absolute atomic E-state index is 5.93. The molecule has 4 rings (SSSR count). The van der Waals surface area contributed by atoms with Crippen LogP contribution in [0.25, 0.3) is 10.6 Å². The Balaban J connectivity index is 1.38. The molecule has 0 saturated carbocycles. The van der Waals surface area contributed by atoms with Crippen LogP contribution in [-0.2, 0) is 6.61 Å². The van der Waals surface area contributed by atoms with Crippen molar-refractivity contribution in [2.45, 2.75) is 13.5 Å². The molecule has 2 aromatic heterocycles. The lowest BCUT2D eigenvalue weighted by Gasteiger charge is -2.11. The highest BCUT2D eigenvalue weighted by Gasteiger charge is 2.07. The molecule has 0 spiro atoms. The molecule has 2 aromatic carbocycles. The van der Waals surface area contributed by atoms with Crippen LogP contribution in [0.2, 0.25) is 0 Å². The second kappa shape index (κ2) is 9.56. The summed E-state index contributed by atoms with van der Waals surface area (Å²) in [4.78, 5) is 5.70.